The molecule has 0 saturated carbocycles. The van der Waals surface area contributed by atoms with Crippen LogP contribution in [-0.2, 0) is 20.5 Å². The van der Waals surface area contributed by atoms with Gasteiger partial charge in [0.05, 0.1) is 18.1 Å². The Morgan fingerprint density at radius 2 is 1.93 bits per heavy atom. The standard InChI is InChI=1S/C18H21N5O3S2/c1-13-10-14(2)23-17(19-13)20-18(21-23)27-12-15-4-3-5-16(11-15)28(24,25)22-6-8-26-9-7-22/h3-5,10-11H,6-9,12H2,1-2H3. The first-order chi connectivity index (χ1) is 13.4. The monoisotopic (exact) mass is 419 g/mol. The molecule has 1 aliphatic heterocycles. The third-order valence-corrected chi connectivity index (χ3v) is 7.28. The van der Waals surface area contributed by atoms with Gasteiger partial charge in [0.1, 0.15) is 0 Å². The maximum Gasteiger partial charge on any atom is 0.253 e. The van der Waals surface area contributed by atoms with E-state index in [-0.39, 0.29) is 0 Å². The normalized spacial score (nSPS) is 15.9. The summed E-state index contributed by atoms with van der Waals surface area (Å²) >= 11 is 1.46. The van der Waals surface area contributed by atoms with Gasteiger partial charge >= 0.3 is 0 Å². The van der Waals surface area contributed by atoms with Crippen molar-refractivity contribution in [2.45, 2.75) is 29.7 Å². The van der Waals surface area contributed by atoms with Gasteiger partial charge in [-0.25, -0.2) is 17.9 Å². The first-order valence-corrected chi connectivity index (χ1v) is 11.4. The molecule has 8 nitrogen and oxygen atoms in total. The minimum atomic E-state index is -3.50. The van der Waals surface area contributed by atoms with Gasteiger partial charge in [0.2, 0.25) is 15.2 Å². The van der Waals surface area contributed by atoms with Crippen LogP contribution >= 0.6 is 11.8 Å². The number of benzene rings is 1. The number of morpholine rings is 1. The Morgan fingerprint density at radius 1 is 1.14 bits per heavy atom. The molecule has 3 aromatic rings. The van der Waals surface area contributed by atoms with Crippen molar-refractivity contribution in [1.29, 1.82) is 0 Å². The van der Waals surface area contributed by atoms with Crippen molar-refractivity contribution in [3.05, 3.63) is 47.3 Å². The average molecular weight is 420 g/mol. The number of aryl methyl sites for hydroxylation is 2. The van der Waals surface area contributed by atoms with Crippen LogP contribution < -0.4 is 0 Å². The molecular weight excluding hydrogens is 398 g/mol. The van der Waals surface area contributed by atoms with E-state index < -0.39 is 10.0 Å². The van der Waals surface area contributed by atoms with E-state index in [4.69, 9.17) is 4.74 Å². The van der Waals surface area contributed by atoms with Gasteiger partial charge in [0.25, 0.3) is 5.78 Å². The van der Waals surface area contributed by atoms with Gasteiger partial charge < -0.3 is 4.74 Å². The van der Waals surface area contributed by atoms with Crippen LogP contribution in [0.4, 0.5) is 0 Å². The first kappa shape index (κ1) is 19.3. The summed E-state index contributed by atoms with van der Waals surface area (Å²) in [4.78, 5) is 9.16. The summed E-state index contributed by atoms with van der Waals surface area (Å²) in [5.74, 6) is 1.14. The second-order valence-corrected chi connectivity index (χ2v) is 9.48. The Balaban J connectivity index is 1.52. The molecule has 3 heterocycles. The molecule has 0 bridgehead atoms. The van der Waals surface area contributed by atoms with E-state index in [1.54, 1.807) is 22.7 Å². The average Bonchev–Trinajstić information content (AvgIpc) is 3.10. The molecule has 2 aromatic heterocycles. The van der Waals surface area contributed by atoms with E-state index in [1.807, 2.05) is 26.0 Å². The molecule has 0 radical (unpaired) electrons. The van der Waals surface area contributed by atoms with Crippen molar-refractivity contribution >= 4 is 27.6 Å². The third kappa shape index (κ3) is 3.90. The number of ether oxygens (including phenoxy) is 1. The summed E-state index contributed by atoms with van der Waals surface area (Å²) < 4.78 is 34.1. The summed E-state index contributed by atoms with van der Waals surface area (Å²) in [6.07, 6.45) is 0. The molecule has 28 heavy (non-hydrogen) atoms. The Morgan fingerprint density at radius 3 is 2.71 bits per heavy atom. The van der Waals surface area contributed by atoms with E-state index >= 15 is 0 Å². The maximum absolute atomic E-state index is 12.8. The quantitative estimate of drug-likeness (QED) is 0.585. The molecule has 1 saturated heterocycles. The summed E-state index contributed by atoms with van der Waals surface area (Å²) in [5.41, 5.74) is 2.77. The van der Waals surface area contributed by atoms with E-state index in [0.717, 1.165) is 17.0 Å². The summed E-state index contributed by atoms with van der Waals surface area (Å²) in [6.45, 7) is 5.53. The number of aromatic nitrogens is 4. The fourth-order valence-electron chi connectivity index (χ4n) is 3.09. The summed E-state index contributed by atoms with van der Waals surface area (Å²) in [5, 5.41) is 5.09. The van der Waals surface area contributed by atoms with Crippen LogP contribution in [-0.4, -0.2) is 58.6 Å². The molecule has 4 rings (SSSR count). The minimum absolute atomic E-state index is 0.309. The van der Waals surface area contributed by atoms with Crippen LogP contribution in [0.3, 0.4) is 0 Å². The van der Waals surface area contributed by atoms with Crippen LogP contribution in [0.1, 0.15) is 17.0 Å². The molecule has 148 valence electrons. The molecule has 10 heteroatoms. The lowest BCUT2D eigenvalue weighted by atomic mass is 10.2. The highest BCUT2D eigenvalue weighted by molar-refractivity contribution is 7.98. The predicted molar refractivity (Wildman–Crippen MR) is 106 cm³/mol. The molecule has 0 atom stereocenters. The fraction of sp³-hybridized carbons (Fsp3) is 0.389. The number of nitrogens with zero attached hydrogens (tertiary/aromatic N) is 5. The lowest BCUT2D eigenvalue weighted by molar-refractivity contribution is 0.0730. The molecule has 0 unspecified atom stereocenters. The minimum Gasteiger partial charge on any atom is -0.379 e. The molecule has 0 N–H and O–H groups in total. The van der Waals surface area contributed by atoms with E-state index in [2.05, 4.69) is 15.1 Å². The van der Waals surface area contributed by atoms with Crippen molar-refractivity contribution in [3.8, 4) is 0 Å². The lowest BCUT2D eigenvalue weighted by Crippen LogP contribution is -2.40. The van der Waals surface area contributed by atoms with Crippen LogP contribution in [0.15, 0.2) is 40.4 Å². The second-order valence-electron chi connectivity index (χ2n) is 6.60. The maximum atomic E-state index is 12.8. The van der Waals surface area contributed by atoms with Gasteiger partial charge in [-0.1, -0.05) is 23.9 Å². The van der Waals surface area contributed by atoms with E-state index in [9.17, 15) is 8.42 Å². The highest BCUT2D eigenvalue weighted by atomic mass is 32.2. The Labute approximate surface area is 168 Å². The molecule has 0 spiro atoms. The zero-order chi connectivity index (χ0) is 19.7. The molecular formula is C18H21N5O3S2. The van der Waals surface area contributed by atoms with Crippen molar-refractivity contribution in [3.63, 3.8) is 0 Å². The fourth-order valence-corrected chi connectivity index (χ4v) is 5.33. The summed E-state index contributed by atoms with van der Waals surface area (Å²) in [6, 6.07) is 9.00. The van der Waals surface area contributed by atoms with Gasteiger partial charge in [-0.15, -0.1) is 5.10 Å². The van der Waals surface area contributed by atoms with Gasteiger partial charge in [-0.05, 0) is 37.6 Å². The van der Waals surface area contributed by atoms with Gasteiger partial charge in [-0.2, -0.15) is 9.29 Å². The van der Waals surface area contributed by atoms with E-state index in [0.29, 0.717) is 47.9 Å². The van der Waals surface area contributed by atoms with Crippen LogP contribution in [0.5, 0.6) is 0 Å². The number of sulfonamides is 1. The Hall–Kier alpha value is -2.01. The van der Waals surface area contributed by atoms with E-state index in [1.165, 1.54) is 16.1 Å². The summed E-state index contributed by atoms with van der Waals surface area (Å²) in [7, 11) is -3.50. The number of hydrogen-bond donors (Lipinski definition) is 0. The number of thioether (sulfide) groups is 1. The number of fused-ring (bicyclic) bond motifs is 1. The van der Waals surface area contributed by atoms with Crippen molar-refractivity contribution in [2.24, 2.45) is 0 Å². The highest BCUT2D eigenvalue weighted by Gasteiger charge is 2.26. The van der Waals surface area contributed by atoms with Crippen molar-refractivity contribution in [2.75, 3.05) is 26.3 Å². The first-order valence-electron chi connectivity index (χ1n) is 8.94. The van der Waals surface area contributed by atoms with Crippen LogP contribution in [0.25, 0.3) is 5.78 Å². The van der Waals surface area contributed by atoms with Crippen LogP contribution in [0.2, 0.25) is 0 Å². The van der Waals surface area contributed by atoms with Crippen LogP contribution in [0, 0.1) is 13.8 Å². The molecule has 0 amide bonds. The second kappa shape index (κ2) is 7.78. The zero-order valence-corrected chi connectivity index (χ0v) is 17.3. The SMILES string of the molecule is Cc1cc(C)n2nc(SCc3cccc(S(=O)(=O)N4CCOCC4)c3)nc2n1. The molecule has 1 aliphatic rings. The largest absolute Gasteiger partial charge is 0.379 e. The Bertz CT molecular complexity index is 1110. The van der Waals surface area contributed by atoms with Crippen molar-refractivity contribution in [1.82, 2.24) is 23.9 Å². The molecule has 1 fully saturated rings. The van der Waals surface area contributed by atoms with Gasteiger partial charge in [0.15, 0.2) is 0 Å². The topological polar surface area (TPSA) is 89.7 Å². The predicted octanol–water partition coefficient (Wildman–Crippen LogP) is 2.05. The third-order valence-electron chi connectivity index (χ3n) is 4.47. The van der Waals surface area contributed by atoms with Gasteiger partial charge in [0, 0.05) is 30.2 Å². The van der Waals surface area contributed by atoms with Crippen molar-refractivity contribution < 1.29 is 13.2 Å². The number of hydrogen-bond acceptors (Lipinski definition) is 7. The number of rotatable bonds is 5. The highest BCUT2D eigenvalue weighted by Crippen LogP contribution is 2.24. The molecule has 0 aliphatic carbocycles. The molecule has 1 aromatic carbocycles. The smallest absolute Gasteiger partial charge is 0.253 e. The Kier molecular flexibility index (Phi) is 5.37. The lowest BCUT2D eigenvalue weighted by Gasteiger charge is -2.26. The van der Waals surface area contributed by atoms with Gasteiger partial charge in [-0.3, -0.25) is 0 Å². The zero-order valence-electron chi connectivity index (χ0n) is 15.7.